The molecule has 0 bridgehead atoms. The lowest BCUT2D eigenvalue weighted by molar-refractivity contribution is 0.0696. The van der Waals surface area contributed by atoms with Crippen molar-refractivity contribution in [3.63, 3.8) is 0 Å². The Bertz CT molecular complexity index is 359. The lowest BCUT2D eigenvalue weighted by atomic mass is 10.3. The van der Waals surface area contributed by atoms with Crippen molar-refractivity contribution < 1.29 is 14.3 Å². The Hall–Kier alpha value is -1.55. The average molecular weight is 193 g/mol. The van der Waals surface area contributed by atoms with Crippen LogP contribution in [-0.2, 0) is 6.54 Å². The van der Waals surface area contributed by atoms with Crippen LogP contribution >= 0.6 is 0 Å². The van der Waals surface area contributed by atoms with Crippen LogP contribution in [0.2, 0.25) is 0 Å². The predicted octanol–water partition coefficient (Wildman–Crippen LogP) is 1.35. The van der Waals surface area contributed by atoms with Gasteiger partial charge in [0.05, 0.1) is 12.1 Å². The first-order valence-corrected chi connectivity index (χ1v) is 4.44. The molecule has 0 saturated heterocycles. The van der Waals surface area contributed by atoms with Gasteiger partial charge in [0.2, 0.25) is 0 Å². The van der Waals surface area contributed by atoms with Crippen LogP contribution in [0.25, 0.3) is 0 Å². The first-order chi connectivity index (χ1) is 6.75. The van der Waals surface area contributed by atoms with E-state index in [1.807, 2.05) is 0 Å². The Labute approximate surface area is 81.4 Å². The van der Waals surface area contributed by atoms with E-state index in [9.17, 15) is 4.79 Å². The molecule has 2 rings (SSSR count). The van der Waals surface area contributed by atoms with E-state index in [0.29, 0.717) is 12.3 Å². The number of aromatic carboxylic acids is 1. The van der Waals surface area contributed by atoms with Crippen LogP contribution in [-0.4, -0.2) is 29.1 Å². The number of nitrogens with zero attached hydrogens (tertiary/aromatic N) is 1. The van der Waals surface area contributed by atoms with Gasteiger partial charge in [0, 0.05) is 13.1 Å². The van der Waals surface area contributed by atoms with E-state index in [-0.39, 0.29) is 5.56 Å². The van der Waals surface area contributed by atoms with Crippen LogP contribution in [0.4, 0.5) is 0 Å². The van der Waals surface area contributed by atoms with Crippen LogP contribution in [0.3, 0.4) is 0 Å². The molecule has 1 aliphatic heterocycles. The molecule has 0 aliphatic carbocycles. The zero-order chi connectivity index (χ0) is 9.97. The van der Waals surface area contributed by atoms with Crippen molar-refractivity contribution in [1.29, 1.82) is 0 Å². The Morgan fingerprint density at radius 3 is 2.79 bits per heavy atom. The van der Waals surface area contributed by atoms with Gasteiger partial charge in [-0.25, -0.2) is 4.79 Å². The maximum absolute atomic E-state index is 10.6. The number of furan rings is 1. The highest BCUT2D eigenvalue weighted by Gasteiger charge is 2.12. The van der Waals surface area contributed by atoms with Crippen LogP contribution in [0.1, 0.15) is 16.1 Å². The Balaban J connectivity index is 1.99. The largest absolute Gasteiger partial charge is 0.478 e. The molecule has 0 aromatic carbocycles. The molecule has 4 heteroatoms. The smallest absolute Gasteiger partial charge is 0.338 e. The van der Waals surface area contributed by atoms with Crippen LogP contribution in [0.15, 0.2) is 28.9 Å². The molecule has 0 atom stereocenters. The normalized spacial score (nSPS) is 16.3. The molecule has 0 spiro atoms. The first-order valence-electron chi connectivity index (χ1n) is 4.44. The van der Waals surface area contributed by atoms with Crippen LogP contribution in [0, 0.1) is 0 Å². The highest BCUT2D eigenvalue weighted by molar-refractivity contribution is 5.87. The fourth-order valence-electron chi connectivity index (χ4n) is 1.45. The zero-order valence-corrected chi connectivity index (χ0v) is 7.64. The fraction of sp³-hybridized carbons (Fsp3) is 0.300. The SMILES string of the molecule is O=C(O)c1coc(CN2CC=CC2)c1. The van der Waals surface area contributed by atoms with Gasteiger partial charge in [0.25, 0.3) is 0 Å². The van der Waals surface area contributed by atoms with Gasteiger partial charge in [-0.1, -0.05) is 12.2 Å². The number of carbonyl (C=O) groups is 1. The second-order valence-electron chi connectivity index (χ2n) is 3.27. The zero-order valence-electron chi connectivity index (χ0n) is 7.64. The molecule has 1 N–H and O–H groups in total. The van der Waals surface area contributed by atoms with Crippen molar-refractivity contribution >= 4 is 5.97 Å². The van der Waals surface area contributed by atoms with E-state index in [1.165, 1.54) is 6.26 Å². The predicted molar refractivity (Wildman–Crippen MR) is 50.1 cm³/mol. The van der Waals surface area contributed by atoms with E-state index >= 15 is 0 Å². The molecule has 1 aliphatic rings. The van der Waals surface area contributed by atoms with Gasteiger partial charge >= 0.3 is 5.97 Å². The summed E-state index contributed by atoms with van der Waals surface area (Å²) in [5.74, 6) is -0.245. The molecule has 0 radical (unpaired) electrons. The number of carboxylic acid groups (broad SMARTS) is 1. The fourth-order valence-corrected chi connectivity index (χ4v) is 1.45. The minimum absolute atomic E-state index is 0.215. The van der Waals surface area contributed by atoms with Crippen molar-refractivity contribution in [2.24, 2.45) is 0 Å². The quantitative estimate of drug-likeness (QED) is 0.736. The highest BCUT2D eigenvalue weighted by Crippen LogP contribution is 2.12. The van der Waals surface area contributed by atoms with Crippen molar-refractivity contribution in [2.75, 3.05) is 13.1 Å². The van der Waals surface area contributed by atoms with Gasteiger partial charge in [0.1, 0.15) is 12.0 Å². The number of carboxylic acids is 1. The maximum Gasteiger partial charge on any atom is 0.338 e. The molecule has 0 saturated carbocycles. The molecule has 0 fully saturated rings. The molecule has 0 amide bonds. The summed E-state index contributed by atoms with van der Waals surface area (Å²) < 4.78 is 5.14. The topological polar surface area (TPSA) is 53.7 Å². The average Bonchev–Trinajstić information content (AvgIpc) is 2.75. The molecule has 14 heavy (non-hydrogen) atoms. The second-order valence-corrected chi connectivity index (χ2v) is 3.27. The third kappa shape index (κ3) is 1.85. The maximum atomic E-state index is 10.6. The summed E-state index contributed by atoms with van der Waals surface area (Å²) in [7, 11) is 0. The van der Waals surface area contributed by atoms with Crippen molar-refractivity contribution in [3.8, 4) is 0 Å². The van der Waals surface area contributed by atoms with E-state index in [2.05, 4.69) is 17.1 Å². The van der Waals surface area contributed by atoms with E-state index in [1.54, 1.807) is 6.07 Å². The third-order valence-electron chi connectivity index (χ3n) is 2.17. The van der Waals surface area contributed by atoms with Gasteiger partial charge in [-0.05, 0) is 6.07 Å². The van der Waals surface area contributed by atoms with Crippen molar-refractivity contribution in [2.45, 2.75) is 6.54 Å². The Morgan fingerprint density at radius 2 is 2.21 bits per heavy atom. The molecule has 2 heterocycles. The molecule has 74 valence electrons. The standard InChI is InChI=1S/C10H11NO3/c12-10(13)8-5-9(14-7-8)6-11-3-1-2-4-11/h1-2,5,7H,3-4,6H2,(H,12,13). The lowest BCUT2D eigenvalue weighted by Gasteiger charge is -2.11. The Morgan fingerprint density at radius 1 is 1.50 bits per heavy atom. The van der Waals surface area contributed by atoms with Gasteiger partial charge in [-0.3, -0.25) is 4.90 Å². The number of hydrogen-bond donors (Lipinski definition) is 1. The van der Waals surface area contributed by atoms with E-state index in [4.69, 9.17) is 9.52 Å². The number of rotatable bonds is 3. The molecular formula is C10H11NO3. The van der Waals surface area contributed by atoms with Gasteiger partial charge in [-0.15, -0.1) is 0 Å². The molecule has 1 aromatic rings. The molecular weight excluding hydrogens is 182 g/mol. The monoisotopic (exact) mass is 193 g/mol. The number of hydrogen-bond acceptors (Lipinski definition) is 3. The third-order valence-corrected chi connectivity index (χ3v) is 2.17. The van der Waals surface area contributed by atoms with Crippen molar-refractivity contribution in [1.82, 2.24) is 4.90 Å². The molecule has 1 aromatic heterocycles. The summed E-state index contributed by atoms with van der Waals surface area (Å²) in [6.45, 7) is 2.48. The minimum atomic E-state index is -0.945. The first kappa shape index (κ1) is 9.02. The van der Waals surface area contributed by atoms with Crippen LogP contribution < -0.4 is 0 Å². The van der Waals surface area contributed by atoms with Gasteiger partial charge in [0.15, 0.2) is 0 Å². The lowest BCUT2D eigenvalue weighted by Crippen LogP contribution is -2.18. The summed E-state index contributed by atoms with van der Waals surface area (Å²) in [6, 6.07) is 1.57. The molecule has 4 nitrogen and oxygen atoms in total. The summed E-state index contributed by atoms with van der Waals surface area (Å²) >= 11 is 0. The second kappa shape index (κ2) is 3.67. The summed E-state index contributed by atoms with van der Waals surface area (Å²) in [4.78, 5) is 12.7. The van der Waals surface area contributed by atoms with Gasteiger partial charge in [-0.2, -0.15) is 0 Å². The van der Waals surface area contributed by atoms with E-state index < -0.39 is 5.97 Å². The summed E-state index contributed by atoms with van der Waals surface area (Å²) in [6.07, 6.45) is 5.45. The van der Waals surface area contributed by atoms with Crippen molar-refractivity contribution in [3.05, 3.63) is 35.8 Å². The summed E-state index contributed by atoms with van der Waals surface area (Å²) in [5.41, 5.74) is 0.215. The molecule has 0 unspecified atom stereocenters. The summed E-state index contributed by atoms with van der Waals surface area (Å²) in [5, 5.41) is 8.67. The van der Waals surface area contributed by atoms with Crippen LogP contribution in [0.5, 0.6) is 0 Å². The minimum Gasteiger partial charge on any atom is -0.478 e. The van der Waals surface area contributed by atoms with E-state index in [0.717, 1.165) is 13.1 Å². The Kier molecular flexibility index (Phi) is 2.37. The highest BCUT2D eigenvalue weighted by atomic mass is 16.4. The van der Waals surface area contributed by atoms with Gasteiger partial charge < -0.3 is 9.52 Å².